The Morgan fingerprint density at radius 2 is 1.62 bits per heavy atom. The number of aliphatic carboxylic acids is 1. The SMILES string of the molecule is Cc1n[nH]c(C)c1-c1ccc(NC(=O)[C@@H](NC(=O)c2ccnn2CCCN(CC(N)=O)C(=O)Cn2cc(COCCOCCCNC(=O)N3CC(Oc4cccc(Oc5ccc(C(=O)N[C@@H](CCC(C)(C)C)C(=O)O)cn5)c4)C3)nn2)C(C2CC2)C2CC2)cc1. The van der Waals surface area contributed by atoms with Crippen molar-refractivity contribution in [1.29, 1.82) is 0 Å². The minimum Gasteiger partial charge on any atom is -0.487 e. The van der Waals surface area contributed by atoms with Crippen LogP contribution < -0.4 is 36.5 Å². The average Bonchev–Trinajstić information content (AvgIpc) is 1.70. The summed E-state index contributed by atoms with van der Waals surface area (Å²) >= 11 is 0. The molecule has 1 aliphatic heterocycles. The van der Waals surface area contributed by atoms with E-state index in [1.54, 1.807) is 41.4 Å². The second-order valence-corrected chi connectivity index (χ2v) is 24.4. The number of amides is 7. The predicted molar refractivity (Wildman–Crippen MR) is 328 cm³/mol. The number of nitrogens with two attached hydrogens (primary N) is 1. The summed E-state index contributed by atoms with van der Waals surface area (Å²) in [5, 5.41) is 41.1. The molecule has 4 aromatic heterocycles. The molecule has 8 N–H and O–H groups in total. The summed E-state index contributed by atoms with van der Waals surface area (Å²) in [7, 11) is 0. The average molecular weight is 1240 g/mol. The van der Waals surface area contributed by atoms with Crippen molar-refractivity contribution in [3.8, 4) is 28.5 Å². The number of nitrogens with one attached hydrogen (secondary N) is 5. The van der Waals surface area contributed by atoms with E-state index in [4.69, 9.17) is 24.7 Å². The standard InChI is InChI=1S/C63H81N15O12/c1-39-55(40(2)72-71-39)41-15-18-45(19-16-41)68-60(83)57(56(42-11-12-42)43-13-14-43)70-59(82)51-22-25-67-78(51)27-8-26-75(36-52(64)79)54(80)37-77-33-46(73-74-77)38-88-30-29-87-28-7-24-65-62(86)76-34-49(35-76)89-47-9-6-10-48(31-47)90-53-20-17-44(32-66-53)58(81)69-50(61(84)85)21-23-63(3,4)5/h6,9-10,15-20,22,25,31-33,42-43,49-50,56-57H,7-8,11-14,21,23-24,26-30,34-38H2,1-5H3,(H2,64,79)(H,65,86)(H,68,83)(H,69,81)(H,70,82)(H,71,72)(H,84,85)/t50-,57-/m0/s1. The Hall–Kier alpha value is -9.24. The second kappa shape index (κ2) is 30.3. The van der Waals surface area contributed by atoms with Crippen LogP contribution in [0, 0.1) is 37.0 Å². The zero-order valence-corrected chi connectivity index (χ0v) is 51.5. The van der Waals surface area contributed by atoms with Gasteiger partial charge in [-0.05, 0) is 130 Å². The van der Waals surface area contributed by atoms with Crippen LogP contribution in [0.5, 0.6) is 17.4 Å². The molecule has 5 heterocycles. The molecule has 0 unspecified atom stereocenters. The number of hydrogen-bond acceptors (Lipinski definition) is 16. The monoisotopic (exact) mass is 1240 g/mol. The predicted octanol–water partition coefficient (Wildman–Crippen LogP) is 5.65. The molecule has 27 heteroatoms. The van der Waals surface area contributed by atoms with Gasteiger partial charge in [0.2, 0.25) is 23.6 Å². The number of carbonyl (C=O) groups excluding carboxylic acids is 6. The fourth-order valence-corrected chi connectivity index (χ4v) is 10.8. The highest BCUT2D eigenvalue weighted by atomic mass is 16.5. The van der Waals surface area contributed by atoms with Gasteiger partial charge in [0.25, 0.3) is 11.8 Å². The molecule has 0 spiro atoms. The third-order valence-corrected chi connectivity index (χ3v) is 15.8. The van der Waals surface area contributed by atoms with Crippen LogP contribution in [0.1, 0.15) is 110 Å². The van der Waals surface area contributed by atoms with E-state index in [0.717, 1.165) is 48.2 Å². The molecule has 0 bridgehead atoms. The highest BCUT2D eigenvalue weighted by molar-refractivity contribution is 6.01. The Balaban J connectivity index is 0.631. The van der Waals surface area contributed by atoms with Gasteiger partial charge in [0.15, 0.2) is 0 Å². The number of carboxylic acid groups (broad SMARTS) is 1. The number of nitrogens with zero attached hydrogens (tertiary/aromatic N) is 9. The van der Waals surface area contributed by atoms with Crippen molar-refractivity contribution in [2.75, 3.05) is 57.9 Å². The van der Waals surface area contributed by atoms with Gasteiger partial charge < -0.3 is 60.9 Å². The topological polar surface area (TPSA) is 347 Å². The number of aryl methyl sites for hydroxylation is 3. The van der Waals surface area contributed by atoms with E-state index in [9.17, 15) is 38.7 Å². The van der Waals surface area contributed by atoms with Crippen LogP contribution in [0.4, 0.5) is 10.5 Å². The molecule has 0 radical (unpaired) electrons. The van der Waals surface area contributed by atoms with Gasteiger partial charge in [0.1, 0.15) is 47.6 Å². The van der Waals surface area contributed by atoms with Gasteiger partial charge in [0.05, 0.1) is 56.9 Å². The number of H-pyrrole nitrogens is 1. The van der Waals surface area contributed by atoms with Gasteiger partial charge >= 0.3 is 12.0 Å². The number of primary amides is 1. The Kier molecular flexibility index (Phi) is 22.0. The van der Waals surface area contributed by atoms with Crippen molar-refractivity contribution in [1.82, 2.24) is 65.7 Å². The van der Waals surface area contributed by atoms with Crippen LogP contribution in [0.2, 0.25) is 0 Å². The van der Waals surface area contributed by atoms with Gasteiger partial charge in [-0.25, -0.2) is 19.3 Å². The van der Waals surface area contributed by atoms with E-state index >= 15 is 0 Å². The van der Waals surface area contributed by atoms with Gasteiger partial charge in [-0.15, -0.1) is 5.10 Å². The Morgan fingerprint density at radius 1 is 0.878 bits per heavy atom. The molecule has 6 aromatic rings. The van der Waals surface area contributed by atoms with Crippen molar-refractivity contribution in [2.24, 2.45) is 28.9 Å². The van der Waals surface area contributed by atoms with Crippen molar-refractivity contribution >= 4 is 47.2 Å². The molecule has 90 heavy (non-hydrogen) atoms. The third kappa shape index (κ3) is 18.9. The molecular weight excluding hydrogens is 1160 g/mol. The maximum Gasteiger partial charge on any atom is 0.326 e. The van der Waals surface area contributed by atoms with E-state index in [1.807, 2.05) is 58.9 Å². The van der Waals surface area contributed by atoms with E-state index in [-0.39, 0.29) is 85.9 Å². The first kappa shape index (κ1) is 65.2. The maximum atomic E-state index is 14.1. The lowest BCUT2D eigenvalue weighted by Crippen LogP contribution is -2.59. The van der Waals surface area contributed by atoms with Crippen molar-refractivity contribution in [2.45, 2.75) is 124 Å². The Morgan fingerprint density at radius 3 is 2.30 bits per heavy atom. The number of carbonyl (C=O) groups is 7. The normalized spacial score (nSPS) is 14.7. The molecule has 2 aromatic carbocycles. The Bertz CT molecular complexity index is 3410. The molecule has 27 nitrogen and oxygen atoms in total. The summed E-state index contributed by atoms with van der Waals surface area (Å²) in [5.74, 6) is -1.52. The minimum absolute atomic E-state index is 0.00498. The van der Waals surface area contributed by atoms with Crippen molar-refractivity contribution < 1.29 is 57.6 Å². The first-order valence-corrected chi connectivity index (χ1v) is 30.6. The van der Waals surface area contributed by atoms with Gasteiger partial charge in [-0.3, -0.25) is 33.8 Å². The van der Waals surface area contributed by atoms with E-state index in [0.29, 0.717) is 93.2 Å². The number of likely N-dealkylation sites (tertiary alicyclic amines) is 1. The van der Waals surface area contributed by atoms with Gasteiger partial charge in [-0.1, -0.05) is 44.2 Å². The number of aromatic amines is 1. The lowest BCUT2D eigenvalue weighted by molar-refractivity contribution is -0.139. The summed E-state index contributed by atoms with van der Waals surface area (Å²) < 4.78 is 26.2. The fraction of sp³-hybridized carbons (Fsp3) is 0.492. The zero-order chi connectivity index (χ0) is 63.9. The lowest BCUT2D eigenvalue weighted by atomic mass is 9.88. The van der Waals surface area contributed by atoms with E-state index in [2.05, 4.69) is 51.9 Å². The van der Waals surface area contributed by atoms with Gasteiger partial charge in [0, 0.05) is 67.7 Å². The summed E-state index contributed by atoms with van der Waals surface area (Å²) in [4.78, 5) is 98.3. The van der Waals surface area contributed by atoms with Crippen LogP contribution >= 0.6 is 0 Å². The number of urea groups is 1. The molecule has 1 saturated heterocycles. The van der Waals surface area contributed by atoms with E-state index < -0.39 is 41.7 Å². The second-order valence-electron chi connectivity index (χ2n) is 24.4. The van der Waals surface area contributed by atoms with Crippen LogP contribution in [0.15, 0.2) is 85.3 Å². The number of rotatable bonds is 34. The number of ether oxygens (including phenoxy) is 4. The fourth-order valence-electron chi connectivity index (χ4n) is 10.8. The third-order valence-electron chi connectivity index (χ3n) is 15.8. The number of carboxylic acids is 1. The van der Waals surface area contributed by atoms with Crippen LogP contribution in [-0.4, -0.2) is 167 Å². The smallest absolute Gasteiger partial charge is 0.326 e. The van der Waals surface area contributed by atoms with Crippen molar-refractivity contribution in [3.63, 3.8) is 0 Å². The van der Waals surface area contributed by atoms with Gasteiger partial charge in [-0.2, -0.15) is 10.2 Å². The Labute approximate surface area is 521 Å². The zero-order valence-electron chi connectivity index (χ0n) is 51.5. The molecule has 7 amide bonds. The summed E-state index contributed by atoms with van der Waals surface area (Å²) in [6.45, 7) is 12.0. The number of hydrogen-bond donors (Lipinski definition) is 7. The lowest BCUT2D eigenvalue weighted by Gasteiger charge is -2.38. The number of benzene rings is 2. The molecule has 9 rings (SSSR count). The first-order valence-electron chi connectivity index (χ1n) is 30.6. The van der Waals surface area contributed by atoms with Crippen LogP contribution in [0.3, 0.4) is 0 Å². The molecule has 480 valence electrons. The minimum atomic E-state index is -1.10. The molecule has 3 fully saturated rings. The summed E-state index contributed by atoms with van der Waals surface area (Å²) in [5.41, 5.74) is 10.9. The van der Waals surface area contributed by atoms with Crippen LogP contribution in [0.25, 0.3) is 11.1 Å². The number of pyridine rings is 1. The van der Waals surface area contributed by atoms with Crippen molar-refractivity contribution in [3.05, 3.63) is 114 Å². The molecular formula is C63H81N15O12. The summed E-state index contributed by atoms with van der Waals surface area (Å²) in [6, 6.07) is 17.2. The quantitative estimate of drug-likeness (QED) is 0.0240. The highest BCUT2D eigenvalue weighted by Crippen LogP contribution is 2.51. The molecule has 3 aliphatic rings. The number of aromatic nitrogens is 8. The van der Waals surface area contributed by atoms with E-state index in [1.165, 1.54) is 38.8 Å². The largest absolute Gasteiger partial charge is 0.487 e. The molecule has 2 aliphatic carbocycles. The molecule has 2 atom stereocenters. The number of anilines is 1. The maximum absolute atomic E-state index is 14.1. The van der Waals surface area contributed by atoms with Crippen LogP contribution in [-0.2, 0) is 48.3 Å². The first-order chi connectivity index (χ1) is 43.2. The highest BCUT2D eigenvalue weighted by Gasteiger charge is 2.48. The molecule has 2 saturated carbocycles. The summed E-state index contributed by atoms with van der Waals surface area (Å²) in [6.07, 6.45) is 10.1.